The highest BCUT2D eigenvalue weighted by Gasteiger charge is 1.96. The molecule has 4 heteroatoms. The Morgan fingerprint density at radius 1 is 1.46 bits per heavy atom. The molecule has 0 aliphatic heterocycles. The Hall–Kier alpha value is -1.42. The molecule has 0 unspecified atom stereocenters. The van der Waals surface area contributed by atoms with E-state index >= 15 is 0 Å². The first-order valence-corrected chi connectivity index (χ1v) is 4.32. The molecular formula is C9H12N4. The fourth-order valence-electron chi connectivity index (χ4n) is 1.26. The minimum Gasteiger partial charge on any atom is -0.319 e. The van der Waals surface area contributed by atoms with Crippen molar-refractivity contribution in [2.75, 3.05) is 13.6 Å². The van der Waals surface area contributed by atoms with Crippen molar-refractivity contribution in [1.29, 1.82) is 0 Å². The van der Waals surface area contributed by atoms with Crippen LogP contribution in [0.1, 0.15) is 5.56 Å². The Morgan fingerprint density at radius 3 is 3.23 bits per heavy atom. The lowest BCUT2D eigenvalue weighted by atomic mass is 10.2. The Bertz CT molecular complexity index is 393. The van der Waals surface area contributed by atoms with Crippen LogP contribution >= 0.6 is 0 Å². The summed E-state index contributed by atoms with van der Waals surface area (Å²) in [4.78, 5) is 8.29. The van der Waals surface area contributed by atoms with Crippen molar-refractivity contribution in [3.8, 4) is 0 Å². The van der Waals surface area contributed by atoms with E-state index in [2.05, 4.69) is 21.5 Å². The second-order valence-electron chi connectivity index (χ2n) is 2.95. The molecule has 68 valence electrons. The van der Waals surface area contributed by atoms with Gasteiger partial charge in [0.15, 0.2) is 0 Å². The first-order valence-electron chi connectivity index (χ1n) is 4.32. The van der Waals surface area contributed by atoms with Gasteiger partial charge < -0.3 is 5.32 Å². The van der Waals surface area contributed by atoms with Crippen LogP contribution in [-0.4, -0.2) is 28.0 Å². The van der Waals surface area contributed by atoms with Gasteiger partial charge in [-0.05, 0) is 25.6 Å². The molecule has 0 aromatic carbocycles. The maximum atomic E-state index is 4.22. The highest BCUT2D eigenvalue weighted by atomic mass is 15.1. The molecule has 4 nitrogen and oxygen atoms in total. The molecule has 2 heterocycles. The van der Waals surface area contributed by atoms with E-state index in [1.54, 1.807) is 6.20 Å². The van der Waals surface area contributed by atoms with Crippen LogP contribution in [0.15, 0.2) is 24.8 Å². The third-order valence-corrected chi connectivity index (χ3v) is 1.96. The van der Waals surface area contributed by atoms with Crippen LogP contribution in [-0.2, 0) is 6.42 Å². The normalized spacial score (nSPS) is 10.8. The van der Waals surface area contributed by atoms with E-state index in [0.717, 1.165) is 18.7 Å². The number of rotatable bonds is 3. The number of imidazole rings is 1. The Labute approximate surface area is 76.6 Å². The quantitative estimate of drug-likeness (QED) is 0.740. The Balaban J connectivity index is 2.26. The van der Waals surface area contributed by atoms with Gasteiger partial charge in [0.25, 0.3) is 0 Å². The molecule has 0 aliphatic carbocycles. The molecule has 0 fully saturated rings. The minimum absolute atomic E-state index is 0.758. The second kappa shape index (κ2) is 3.53. The van der Waals surface area contributed by atoms with Gasteiger partial charge in [0.2, 0.25) is 5.78 Å². The fraction of sp³-hybridized carbons (Fsp3) is 0.333. The van der Waals surface area contributed by atoms with Crippen LogP contribution in [0.4, 0.5) is 0 Å². The van der Waals surface area contributed by atoms with E-state index in [4.69, 9.17) is 0 Å². The molecule has 1 N–H and O–H groups in total. The number of nitrogens with one attached hydrogen (secondary N) is 1. The van der Waals surface area contributed by atoms with Crippen molar-refractivity contribution >= 4 is 5.78 Å². The van der Waals surface area contributed by atoms with E-state index in [0.29, 0.717) is 0 Å². The number of fused-ring (bicyclic) bond motifs is 1. The average molecular weight is 176 g/mol. The van der Waals surface area contributed by atoms with Crippen molar-refractivity contribution in [2.45, 2.75) is 6.42 Å². The van der Waals surface area contributed by atoms with E-state index in [1.165, 1.54) is 5.56 Å². The summed E-state index contributed by atoms with van der Waals surface area (Å²) in [7, 11) is 1.95. The largest absolute Gasteiger partial charge is 0.319 e. The lowest BCUT2D eigenvalue weighted by Gasteiger charge is -2.00. The molecule has 0 bridgehead atoms. The molecule has 13 heavy (non-hydrogen) atoms. The first-order chi connectivity index (χ1) is 6.40. The zero-order valence-corrected chi connectivity index (χ0v) is 7.57. The van der Waals surface area contributed by atoms with E-state index in [9.17, 15) is 0 Å². The smallest absolute Gasteiger partial charge is 0.233 e. The van der Waals surface area contributed by atoms with Crippen molar-refractivity contribution in [1.82, 2.24) is 19.7 Å². The molecule has 2 rings (SSSR count). The fourth-order valence-corrected chi connectivity index (χ4v) is 1.26. The molecule has 0 saturated heterocycles. The summed E-state index contributed by atoms with van der Waals surface area (Å²) in [5, 5.41) is 3.11. The molecular weight excluding hydrogens is 164 g/mol. The van der Waals surface area contributed by atoms with Crippen molar-refractivity contribution in [3.05, 3.63) is 30.4 Å². The van der Waals surface area contributed by atoms with Gasteiger partial charge in [0, 0.05) is 24.8 Å². The molecule has 2 aromatic heterocycles. The molecule has 0 radical (unpaired) electrons. The van der Waals surface area contributed by atoms with Crippen LogP contribution in [0.25, 0.3) is 5.78 Å². The third kappa shape index (κ3) is 1.67. The van der Waals surface area contributed by atoms with Gasteiger partial charge in [0.1, 0.15) is 0 Å². The van der Waals surface area contributed by atoms with Crippen molar-refractivity contribution in [2.24, 2.45) is 0 Å². The van der Waals surface area contributed by atoms with Crippen molar-refractivity contribution in [3.63, 3.8) is 0 Å². The molecule has 0 atom stereocenters. The molecule has 0 saturated carbocycles. The number of hydrogen-bond acceptors (Lipinski definition) is 3. The van der Waals surface area contributed by atoms with E-state index in [1.807, 2.05) is 23.8 Å². The van der Waals surface area contributed by atoms with Crippen LogP contribution < -0.4 is 5.32 Å². The number of nitrogens with zero attached hydrogens (tertiary/aromatic N) is 3. The maximum Gasteiger partial charge on any atom is 0.233 e. The summed E-state index contributed by atoms with van der Waals surface area (Å²) in [5.41, 5.74) is 1.22. The maximum absolute atomic E-state index is 4.22. The van der Waals surface area contributed by atoms with Gasteiger partial charge in [-0.2, -0.15) is 0 Å². The summed E-state index contributed by atoms with van der Waals surface area (Å²) in [6, 6.07) is 0. The summed E-state index contributed by atoms with van der Waals surface area (Å²) in [5.74, 6) is 0.758. The van der Waals surface area contributed by atoms with Crippen LogP contribution in [0.2, 0.25) is 0 Å². The van der Waals surface area contributed by atoms with Crippen molar-refractivity contribution < 1.29 is 0 Å². The highest BCUT2D eigenvalue weighted by molar-refractivity contribution is 5.28. The van der Waals surface area contributed by atoms with Gasteiger partial charge in [-0.25, -0.2) is 9.97 Å². The van der Waals surface area contributed by atoms with Crippen LogP contribution in [0.3, 0.4) is 0 Å². The van der Waals surface area contributed by atoms with Gasteiger partial charge in [-0.15, -0.1) is 0 Å². The standard InChI is InChI=1S/C9H12N4/c1-10-3-2-8-6-12-9-11-4-5-13(9)7-8/h4-7,10H,2-3H2,1H3. The number of aromatic nitrogens is 3. The van der Waals surface area contributed by atoms with Gasteiger partial charge in [0.05, 0.1) is 0 Å². The molecule has 2 aromatic rings. The predicted molar refractivity (Wildman–Crippen MR) is 50.6 cm³/mol. The predicted octanol–water partition coefficient (Wildman–Crippen LogP) is 0.491. The summed E-state index contributed by atoms with van der Waals surface area (Å²) in [6.45, 7) is 0.974. The zero-order chi connectivity index (χ0) is 9.10. The van der Waals surface area contributed by atoms with Gasteiger partial charge >= 0.3 is 0 Å². The van der Waals surface area contributed by atoms with Crippen LogP contribution in [0, 0.1) is 0 Å². The van der Waals surface area contributed by atoms with Gasteiger partial charge in [-0.1, -0.05) is 0 Å². The van der Waals surface area contributed by atoms with E-state index < -0.39 is 0 Å². The monoisotopic (exact) mass is 176 g/mol. The molecule has 0 aliphatic rings. The molecule has 0 spiro atoms. The Morgan fingerprint density at radius 2 is 2.38 bits per heavy atom. The SMILES string of the molecule is CNCCc1cnc2nccn2c1. The first kappa shape index (κ1) is 8.19. The van der Waals surface area contributed by atoms with Crippen LogP contribution in [0.5, 0.6) is 0 Å². The second-order valence-corrected chi connectivity index (χ2v) is 2.95. The third-order valence-electron chi connectivity index (χ3n) is 1.96. The summed E-state index contributed by atoms with van der Waals surface area (Å²) in [6.07, 6.45) is 8.60. The lowest BCUT2D eigenvalue weighted by Crippen LogP contribution is -2.10. The zero-order valence-electron chi connectivity index (χ0n) is 7.57. The summed E-state index contributed by atoms with van der Waals surface area (Å²) >= 11 is 0. The highest BCUT2D eigenvalue weighted by Crippen LogP contribution is 2.00. The van der Waals surface area contributed by atoms with Gasteiger partial charge in [-0.3, -0.25) is 4.40 Å². The average Bonchev–Trinajstić information content (AvgIpc) is 2.61. The van der Waals surface area contributed by atoms with E-state index in [-0.39, 0.29) is 0 Å². The summed E-state index contributed by atoms with van der Waals surface area (Å²) < 4.78 is 1.94. The lowest BCUT2D eigenvalue weighted by molar-refractivity contribution is 0.784. The minimum atomic E-state index is 0.758. The molecule has 0 amide bonds. The number of likely N-dealkylation sites (N-methyl/N-ethyl adjacent to an activating group) is 1. The number of hydrogen-bond donors (Lipinski definition) is 1. The topological polar surface area (TPSA) is 42.2 Å². The Kier molecular flexibility index (Phi) is 2.23.